The number of furan rings is 1. The lowest BCUT2D eigenvalue weighted by Gasteiger charge is -2.01. The fraction of sp³-hybridized carbons (Fsp3) is 0. The number of hydrogen-bond acceptors (Lipinski definition) is 6. The zero-order valence-corrected chi connectivity index (χ0v) is 15.4. The number of hydrogen-bond donors (Lipinski definition) is 2. The number of benzene rings is 1. The van der Waals surface area contributed by atoms with Crippen LogP contribution >= 0.6 is 23.2 Å². The lowest BCUT2D eigenvalue weighted by molar-refractivity contribution is 0.575. The Bertz CT molecular complexity index is 1060. The summed E-state index contributed by atoms with van der Waals surface area (Å²) in [6.45, 7) is 0. The summed E-state index contributed by atoms with van der Waals surface area (Å²) >= 11 is 11.8. The van der Waals surface area contributed by atoms with Gasteiger partial charge < -0.3 is 4.42 Å². The number of anilines is 1. The molecule has 0 amide bonds. The molecule has 1 aromatic carbocycles. The SMILES string of the molecule is NS(=O)(=O)c1ccc(-c2ccc(/C=N\Nc3ncc(Cl)cc3Cl)o2)cc1. The van der Waals surface area contributed by atoms with Gasteiger partial charge in [0.2, 0.25) is 10.0 Å². The molecule has 3 N–H and O–H groups in total. The molecule has 3 aromatic rings. The number of nitrogens with zero attached hydrogens (tertiary/aromatic N) is 2. The average molecular weight is 411 g/mol. The Labute approximate surface area is 159 Å². The lowest BCUT2D eigenvalue weighted by Crippen LogP contribution is -2.11. The summed E-state index contributed by atoms with van der Waals surface area (Å²) in [6, 6.07) is 11.0. The molecule has 0 saturated heterocycles. The molecule has 0 unspecified atom stereocenters. The topological polar surface area (TPSA) is 111 Å². The molecule has 0 aliphatic heterocycles. The maximum atomic E-state index is 11.3. The van der Waals surface area contributed by atoms with E-state index in [0.29, 0.717) is 32.9 Å². The number of nitrogens with one attached hydrogen (secondary N) is 1. The van der Waals surface area contributed by atoms with Gasteiger partial charge in [-0.05, 0) is 42.5 Å². The first-order chi connectivity index (χ1) is 12.3. The minimum atomic E-state index is -3.73. The van der Waals surface area contributed by atoms with Crippen molar-refractivity contribution in [3.8, 4) is 11.3 Å². The van der Waals surface area contributed by atoms with E-state index in [-0.39, 0.29) is 4.90 Å². The van der Waals surface area contributed by atoms with Crippen molar-refractivity contribution in [2.45, 2.75) is 4.90 Å². The van der Waals surface area contributed by atoms with Crippen LogP contribution in [0.15, 0.2) is 63.1 Å². The summed E-state index contributed by atoms with van der Waals surface area (Å²) < 4.78 is 28.2. The smallest absolute Gasteiger partial charge is 0.238 e. The third-order valence-electron chi connectivity index (χ3n) is 3.26. The molecule has 0 aliphatic carbocycles. The third kappa shape index (κ3) is 4.41. The molecule has 0 atom stereocenters. The Kier molecular flexibility index (Phi) is 5.28. The van der Waals surface area contributed by atoms with Gasteiger partial charge >= 0.3 is 0 Å². The Morgan fingerprint density at radius 2 is 1.88 bits per heavy atom. The zero-order valence-electron chi connectivity index (χ0n) is 13.1. The summed E-state index contributed by atoms with van der Waals surface area (Å²) in [6.07, 6.45) is 2.90. The highest BCUT2D eigenvalue weighted by Gasteiger charge is 2.09. The van der Waals surface area contributed by atoms with Gasteiger partial charge in [0.1, 0.15) is 11.5 Å². The van der Waals surface area contributed by atoms with Gasteiger partial charge in [0, 0.05) is 11.8 Å². The van der Waals surface area contributed by atoms with Crippen LogP contribution in [0.5, 0.6) is 0 Å². The molecular weight excluding hydrogens is 399 g/mol. The minimum absolute atomic E-state index is 0.0335. The molecule has 0 saturated carbocycles. The molecule has 7 nitrogen and oxygen atoms in total. The summed E-state index contributed by atoms with van der Waals surface area (Å²) in [5.74, 6) is 1.39. The number of aromatic nitrogens is 1. The molecule has 3 rings (SSSR count). The summed E-state index contributed by atoms with van der Waals surface area (Å²) in [5.41, 5.74) is 3.39. The Morgan fingerprint density at radius 1 is 1.15 bits per heavy atom. The molecule has 0 radical (unpaired) electrons. The van der Waals surface area contributed by atoms with Gasteiger partial charge in [-0.1, -0.05) is 23.2 Å². The van der Waals surface area contributed by atoms with Gasteiger partial charge in [0.15, 0.2) is 5.82 Å². The van der Waals surface area contributed by atoms with Crippen LogP contribution in [0, 0.1) is 0 Å². The van der Waals surface area contributed by atoms with E-state index in [2.05, 4.69) is 15.5 Å². The highest BCUT2D eigenvalue weighted by molar-refractivity contribution is 7.89. The third-order valence-corrected chi connectivity index (χ3v) is 4.69. The Hall–Kier alpha value is -2.39. The number of nitrogens with two attached hydrogens (primary N) is 1. The maximum absolute atomic E-state index is 11.3. The van der Waals surface area contributed by atoms with E-state index in [0.717, 1.165) is 0 Å². The highest BCUT2D eigenvalue weighted by atomic mass is 35.5. The van der Waals surface area contributed by atoms with Crippen LogP contribution in [0.1, 0.15) is 5.76 Å². The molecular formula is C16H12Cl2N4O3S. The van der Waals surface area contributed by atoms with Crippen molar-refractivity contribution < 1.29 is 12.8 Å². The number of pyridine rings is 1. The molecule has 0 aliphatic rings. The molecule has 2 aromatic heterocycles. The quantitative estimate of drug-likeness (QED) is 0.491. The summed E-state index contributed by atoms with van der Waals surface area (Å²) in [4.78, 5) is 4.04. The van der Waals surface area contributed by atoms with Gasteiger partial charge in [-0.25, -0.2) is 18.5 Å². The van der Waals surface area contributed by atoms with Crippen LogP contribution in [-0.2, 0) is 10.0 Å². The van der Waals surface area contributed by atoms with E-state index in [4.69, 9.17) is 32.8 Å². The molecule has 0 fully saturated rings. The van der Waals surface area contributed by atoms with Gasteiger partial charge in [-0.2, -0.15) is 5.10 Å². The van der Waals surface area contributed by atoms with Gasteiger partial charge in [-0.15, -0.1) is 0 Å². The molecule has 134 valence electrons. The zero-order chi connectivity index (χ0) is 18.7. The number of hydrazone groups is 1. The lowest BCUT2D eigenvalue weighted by atomic mass is 10.2. The van der Waals surface area contributed by atoms with Gasteiger partial charge in [0.05, 0.1) is 21.2 Å². The maximum Gasteiger partial charge on any atom is 0.238 e. The van der Waals surface area contributed by atoms with E-state index in [1.807, 2.05) is 0 Å². The number of sulfonamides is 1. The second-order valence-electron chi connectivity index (χ2n) is 5.13. The van der Waals surface area contributed by atoms with Crippen molar-refractivity contribution in [1.82, 2.24) is 4.98 Å². The van der Waals surface area contributed by atoms with Crippen molar-refractivity contribution >= 4 is 45.3 Å². The van der Waals surface area contributed by atoms with Crippen LogP contribution in [-0.4, -0.2) is 19.6 Å². The largest absolute Gasteiger partial charge is 0.455 e. The van der Waals surface area contributed by atoms with Gasteiger partial charge in [-0.3, -0.25) is 5.43 Å². The molecule has 0 spiro atoms. The monoisotopic (exact) mass is 410 g/mol. The first-order valence-corrected chi connectivity index (χ1v) is 9.46. The van der Waals surface area contributed by atoms with E-state index < -0.39 is 10.0 Å². The van der Waals surface area contributed by atoms with Crippen LogP contribution in [0.4, 0.5) is 5.82 Å². The number of primary sulfonamides is 1. The fourth-order valence-electron chi connectivity index (χ4n) is 2.04. The van der Waals surface area contributed by atoms with Crippen molar-refractivity contribution in [3.05, 3.63) is 64.5 Å². The predicted molar refractivity (Wildman–Crippen MR) is 101 cm³/mol. The standard InChI is InChI=1S/C16H12Cl2N4O3S/c17-11-7-14(18)16(20-8-11)22-21-9-12-3-6-15(25-12)10-1-4-13(5-2-10)26(19,23)24/h1-9H,(H,20,22)(H2,19,23,24)/b21-9-. The second-order valence-corrected chi connectivity index (χ2v) is 7.53. The van der Waals surface area contributed by atoms with Crippen molar-refractivity contribution in [1.29, 1.82) is 0 Å². The van der Waals surface area contributed by atoms with Crippen LogP contribution in [0.25, 0.3) is 11.3 Å². The normalized spacial score (nSPS) is 11.8. The summed E-state index contributed by atoms with van der Waals surface area (Å²) in [5, 5.41) is 9.84. The number of rotatable bonds is 5. The van der Waals surface area contributed by atoms with Crippen molar-refractivity contribution in [3.63, 3.8) is 0 Å². The van der Waals surface area contributed by atoms with E-state index in [9.17, 15) is 8.42 Å². The van der Waals surface area contributed by atoms with E-state index >= 15 is 0 Å². The average Bonchev–Trinajstić information content (AvgIpc) is 3.05. The van der Waals surface area contributed by atoms with Crippen molar-refractivity contribution in [2.75, 3.05) is 5.43 Å². The molecule has 2 heterocycles. The van der Waals surface area contributed by atoms with Crippen LogP contribution < -0.4 is 10.6 Å². The van der Waals surface area contributed by atoms with Gasteiger partial charge in [0.25, 0.3) is 0 Å². The van der Waals surface area contributed by atoms with E-state index in [1.165, 1.54) is 24.5 Å². The minimum Gasteiger partial charge on any atom is -0.455 e. The van der Waals surface area contributed by atoms with Crippen LogP contribution in [0.3, 0.4) is 0 Å². The molecule has 0 bridgehead atoms. The van der Waals surface area contributed by atoms with Crippen LogP contribution in [0.2, 0.25) is 10.0 Å². The highest BCUT2D eigenvalue weighted by Crippen LogP contribution is 2.24. The molecule has 10 heteroatoms. The Balaban J connectivity index is 1.71. The fourth-order valence-corrected chi connectivity index (χ4v) is 2.98. The first-order valence-electron chi connectivity index (χ1n) is 7.16. The van der Waals surface area contributed by atoms with Crippen molar-refractivity contribution in [2.24, 2.45) is 10.2 Å². The predicted octanol–water partition coefficient (Wildman–Crippen LogP) is 3.74. The second kappa shape index (κ2) is 7.46. The first kappa shape index (κ1) is 18.4. The van der Waals surface area contributed by atoms with E-state index in [1.54, 1.807) is 30.3 Å². The Morgan fingerprint density at radius 3 is 2.54 bits per heavy atom. The number of halogens is 2. The molecule has 26 heavy (non-hydrogen) atoms. The summed E-state index contributed by atoms with van der Waals surface area (Å²) in [7, 11) is -3.73.